The quantitative estimate of drug-likeness (QED) is 0.537. The molecule has 122 valence electrons. The normalized spacial score (nSPS) is 12.3. The van der Waals surface area contributed by atoms with Crippen LogP contribution in [0.4, 0.5) is 5.82 Å². The molecule has 7 heteroatoms. The molecule has 0 aliphatic carbocycles. The van der Waals surface area contributed by atoms with E-state index < -0.39 is 5.60 Å². The molecule has 4 aromatic rings. The number of anilines is 1. The van der Waals surface area contributed by atoms with Gasteiger partial charge in [0.1, 0.15) is 5.52 Å². The molecule has 24 heavy (non-hydrogen) atoms. The lowest BCUT2D eigenvalue weighted by molar-refractivity contribution is 0.0580. The number of benzene rings is 1. The molecule has 1 aromatic carbocycles. The Bertz CT molecular complexity index is 1030. The molecule has 4 rings (SSSR count). The summed E-state index contributed by atoms with van der Waals surface area (Å²) < 4.78 is 1.71. The average Bonchev–Trinajstić information content (AvgIpc) is 3.14. The van der Waals surface area contributed by atoms with E-state index in [0.717, 1.165) is 27.5 Å². The SMILES string of the molecule is CC(C)(O)Cn1cc2c(n1)c(N)nc1cc(-c3ccn[nH]3)ccc12. The summed E-state index contributed by atoms with van der Waals surface area (Å²) in [6, 6.07) is 7.91. The van der Waals surface area contributed by atoms with Crippen molar-refractivity contribution in [2.45, 2.75) is 26.0 Å². The summed E-state index contributed by atoms with van der Waals surface area (Å²) in [6.07, 6.45) is 3.62. The maximum Gasteiger partial charge on any atom is 0.152 e. The number of pyridine rings is 1. The number of aromatic amines is 1. The van der Waals surface area contributed by atoms with Crippen LogP contribution in [0.2, 0.25) is 0 Å². The smallest absolute Gasteiger partial charge is 0.152 e. The van der Waals surface area contributed by atoms with E-state index in [1.165, 1.54) is 0 Å². The maximum absolute atomic E-state index is 10.0. The van der Waals surface area contributed by atoms with Gasteiger partial charge in [-0.05, 0) is 26.0 Å². The predicted molar refractivity (Wildman–Crippen MR) is 93.3 cm³/mol. The third-order valence-electron chi connectivity index (χ3n) is 3.89. The first-order valence-corrected chi connectivity index (χ1v) is 7.69. The molecule has 0 saturated heterocycles. The number of nitrogens with zero attached hydrogens (tertiary/aromatic N) is 4. The van der Waals surface area contributed by atoms with Crippen LogP contribution in [-0.2, 0) is 6.54 Å². The highest BCUT2D eigenvalue weighted by atomic mass is 16.3. The topological polar surface area (TPSA) is 106 Å². The predicted octanol–water partition coefficient (Wildman–Crippen LogP) is 2.33. The van der Waals surface area contributed by atoms with Gasteiger partial charge in [0.25, 0.3) is 0 Å². The maximum atomic E-state index is 10.0. The number of aliphatic hydroxyl groups is 1. The summed E-state index contributed by atoms with van der Waals surface area (Å²) in [6.45, 7) is 3.88. The number of aromatic nitrogens is 5. The second-order valence-corrected chi connectivity index (χ2v) is 6.60. The molecule has 3 aromatic heterocycles. The van der Waals surface area contributed by atoms with Crippen LogP contribution in [0.25, 0.3) is 33.1 Å². The van der Waals surface area contributed by atoms with Crippen LogP contribution in [0.3, 0.4) is 0 Å². The molecule has 3 heterocycles. The van der Waals surface area contributed by atoms with Crippen molar-refractivity contribution in [3.63, 3.8) is 0 Å². The van der Waals surface area contributed by atoms with E-state index >= 15 is 0 Å². The molecule has 0 aliphatic heterocycles. The third-order valence-corrected chi connectivity index (χ3v) is 3.89. The van der Waals surface area contributed by atoms with E-state index in [1.807, 2.05) is 30.5 Å². The van der Waals surface area contributed by atoms with E-state index in [1.54, 1.807) is 24.7 Å². The van der Waals surface area contributed by atoms with Gasteiger partial charge in [0, 0.05) is 28.7 Å². The number of rotatable bonds is 3. The minimum Gasteiger partial charge on any atom is -0.389 e. The molecule has 0 bridgehead atoms. The summed E-state index contributed by atoms with van der Waals surface area (Å²) in [4.78, 5) is 4.49. The second kappa shape index (κ2) is 5.04. The van der Waals surface area contributed by atoms with Crippen molar-refractivity contribution in [1.29, 1.82) is 0 Å². The second-order valence-electron chi connectivity index (χ2n) is 6.60. The minimum atomic E-state index is -0.853. The summed E-state index contributed by atoms with van der Waals surface area (Å²) in [5.74, 6) is 0.383. The van der Waals surface area contributed by atoms with E-state index in [2.05, 4.69) is 20.3 Å². The van der Waals surface area contributed by atoms with E-state index in [4.69, 9.17) is 5.73 Å². The molecule has 0 spiro atoms. The molecule has 0 atom stereocenters. The standard InChI is InChI=1S/C17H18N6O/c1-17(2,24)9-23-8-12-11-4-3-10(13-5-6-19-21-13)7-14(11)20-16(18)15(12)22-23/h3-8,24H,9H2,1-2H3,(H2,18,20)(H,19,21). The number of nitrogens with two attached hydrogens (primary N) is 1. The van der Waals surface area contributed by atoms with E-state index in [-0.39, 0.29) is 0 Å². The molecule has 0 radical (unpaired) electrons. The summed E-state index contributed by atoms with van der Waals surface area (Å²) in [5, 5.41) is 23.3. The highest BCUT2D eigenvalue weighted by Crippen LogP contribution is 2.30. The first-order valence-electron chi connectivity index (χ1n) is 7.69. The van der Waals surface area contributed by atoms with Crippen molar-refractivity contribution in [2.24, 2.45) is 0 Å². The van der Waals surface area contributed by atoms with Crippen LogP contribution in [0.15, 0.2) is 36.7 Å². The van der Waals surface area contributed by atoms with Gasteiger partial charge >= 0.3 is 0 Å². The fourth-order valence-corrected chi connectivity index (χ4v) is 2.90. The number of H-pyrrole nitrogens is 1. The van der Waals surface area contributed by atoms with Gasteiger partial charge in [0.15, 0.2) is 5.82 Å². The molecule has 0 aliphatic rings. The van der Waals surface area contributed by atoms with Gasteiger partial charge in [-0.3, -0.25) is 9.78 Å². The zero-order valence-corrected chi connectivity index (χ0v) is 13.5. The Morgan fingerprint density at radius 3 is 2.79 bits per heavy atom. The van der Waals surface area contributed by atoms with Crippen LogP contribution in [0.1, 0.15) is 13.8 Å². The van der Waals surface area contributed by atoms with Crippen LogP contribution in [0.5, 0.6) is 0 Å². The van der Waals surface area contributed by atoms with E-state index in [0.29, 0.717) is 17.9 Å². The fraction of sp³-hybridized carbons (Fsp3) is 0.235. The van der Waals surface area contributed by atoms with Crippen molar-refractivity contribution in [2.75, 3.05) is 5.73 Å². The lowest BCUT2D eigenvalue weighted by Crippen LogP contribution is -2.26. The Balaban J connectivity index is 1.90. The monoisotopic (exact) mass is 322 g/mol. The van der Waals surface area contributed by atoms with Crippen LogP contribution in [0, 0.1) is 0 Å². The number of nitrogen functional groups attached to an aromatic ring is 1. The molecular formula is C17H18N6O. The zero-order chi connectivity index (χ0) is 16.9. The summed E-state index contributed by atoms with van der Waals surface area (Å²) >= 11 is 0. The Hall–Kier alpha value is -2.93. The molecule has 0 unspecified atom stereocenters. The average molecular weight is 322 g/mol. The fourth-order valence-electron chi connectivity index (χ4n) is 2.90. The first kappa shape index (κ1) is 14.6. The number of nitrogens with one attached hydrogen (secondary N) is 1. The Morgan fingerprint density at radius 2 is 2.08 bits per heavy atom. The lowest BCUT2D eigenvalue weighted by Gasteiger charge is -2.16. The Kier molecular flexibility index (Phi) is 3.07. The van der Waals surface area contributed by atoms with Gasteiger partial charge in [-0.15, -0.1) is 0 Å². The third kappa shape index (κ3) is 2.48. The number of hydrogen-bond donors (Lipinski definition) is 3. The van der Waals surface area contributed by atoms with Gasteiger partial charge in [-0.2, -0.15) is 10.2 Å². The molecule has 0 fully saturated rings. The van der Waals surface area contributed by atoms with E-state index in [9.17, 15) is 5.11 Å². The van der Waals surface area contributed by atoms with Crippen molar-refractivity contribution < 1.29 is 5.11 Å². The lowest BCUT2D eigenvalue weighted by atomic mass is 10.1. The van der Waals surface area contributed by atoms with Crippen molar-refractivity contribution in [3.05, 3.63) is 36.7 Å². The molecular weight excluding hydrogens is 304 g/mol. The summed E-state index contributed by atoms with van der Waals surface area (Å²) in [5.41, 5.74) is 8.62. The summed E-state index contributed by atoms with van der Waals surface area (Å²) in [7, 11) is 0. The highest BCUT2D eigenvalue weighted by molar-refractivity contribution is 6.08. The Morgan fingerprint density at radius 1 is 1.25 bits per heavy atom. The van der Waals surface area contributed by atoms with Gasteiger partial charge in [-0.25, -0.2) is 4.98 Å². The molecule has 7 nitrogen and oxygen atoms in total. The largest absolute Gasteiger partial charge is 0.389 e. The van der Waals surface area contributed by atoms with Gasteiger partial charge in [-0.1, -0.05) is 12.1 Å². The highest BCUT2D eigenvalue weighted by Gasteiger charge is 2.17. The number of hydrogen-bond acceptors (Lipinski definition) is 5. The van der Waals surface area contributed by atoms with Crippen molar-refractivity contribution in [3.8, 4) is 11.3 Å². The molecule has 0 amide bonds. The zero-order valence-electron chi connectivity index (χ0n) is 13.5. The Labute approximate surface area is 138 Å². The van der Waals surface area contributed by atoms with Gasteiger partial charge in [0.2, 0.25) is 0 Å². The van der Waals surface area contributed by atoms with Crippen LogP contribution in [-0.4, -0.2) is 35.7 Å². The molecule has 0 saturated carbocycles. The van der Waals surface area contributed by atoms with Gasteiger partial charge in [0.05, 0.1) is 23.4 Å². The van der Waals surface area contributed by atoms with Gasteiger partial charge < -0.3 is 10.8 Å². The molecule has 4 N–H and O–H groups in total. The van der Waals surface area contributed by atoms with Crippen molar-refractivity contribution >= 4 is 27.6 Å². The number of fused-ring (bicyclic) bond motifs is 3. The minimum absolute atomic E-state index is 0.383. The first-order chi connectivity index (χ1) is 11.4. The van der Waals surface area contributed by atoms with Crippen LogP contribution >= 0.6 is 0 Å². The van der Waals surface area contributed by atoms with Crippen molar-refractivity contribution in [1.82, 2.24) is 25.0 Å². The van der Waals surface area contributed by atoms with Crippen LogP contribution < -0.4 is 5.73 Å².